The first-order valence-corrected chi connectivity index (χ1v) is 8.41. The lowest BCUT2D eigenvalue weighted by Crippen LogP contribution is -2.61. The van der Waals surface area contributed by atoms with Crippen LogP contribution in [0.25, 0.3) is 5.57 Å². The van der Waals surface area contributed by atoms with Crippen LogP contribution in [0.15, 0.2) is 45.4 Å². The van der Waals surface area contributed by atoms with Crippen molar-refractivity contribution in [1.82, 2.24) is 0 Å². The second kappa shape index (κ2) is 6.69. The third-order valence-corrected chi connectivity index (χ3v) is 6.46. The Morgan fingerprint density at radius 3 is 1.62 bits per heavy atom. The Labute approximate surface area is 162 Å². The van der Waals surface area contributed by atoms with Crippen molar-refractivity contribution in [3.63, 3.8) is 0 Å². The van der Waals surface area contributed by atoms with E-state index in [0.717, 1.165) is 0 Å². The molecule has 0 fully saturated rings. The lowest BCUT2D eigenvalue weighted by molar-refractivity contribution is -0.186. The maximum atomic E-state index is 12.0. The number of rotatable bonds is 5. The Bertz CT molecular complexity index is 857. The number of hydrogen-bond donors (Lipinski definition) is 4. The van der Waals surface area contributed by atoms with Gasteiger partial charge in [0.25, 0.3) is 0 Å². The van der Waals surface area contributed by atoms with Gasteiger partial charge in [-0.15, -0.1) is 0 Å². The van der Waals surface area contributed by atoms with E-state index in [-0.39, 0.29) is 10.1 Å². The SMILES string of the molecule is O=C(O)C1(C(=O)O)C=C(c2ccccc2)C(Br)=C(Br)C1(C(=O)O)C(=O)O. The van der Waals surface area contributed by atoms with Gasteiger partial charge in [0.1, 0.15) is 0 Å². The largest absolute Gasteiger partial charge is 0.480 e. The predicted octanol–water partition coefficient (Wildman–Crippen LogP) is 2.40. The molecule has 0 saturated heterocycles. The predicted molar refractivity (Wildman–Crippen MR) is 94.7 cm³/mol. The van der Waals surface area contributed by atoms with Gasteiger partial charge in [-0.3, -0.25) is 19.2 Å². The van der Waals surface area contributed by atoms with Crippen LogP contribution in [0.3, 0.4) is 0 Å². The van der Waals surface area contributed by atoms with E-state index < -0.39 is 39.2 Å². The Morgan fingerprint density at radius 1 is 0.769 bits per heavy atom. The fourth-order valence-electron chi connectivity index (χ4n) is 2.82. The van der Waals surface area contributed by atoms with Crippen LogP contribution in [0.4, 0.5) is 0 Å². The number of carboxylic acids is 4. The highest BCUT2D eigenvalue weighted by atomic mass is 79.9. The molecule has 0 spiro atoms. The number of carbonyl (C=O) groups is 4. The number of aliphatic carboxylic acids is 4. The van der Waals surface area contributed by atoms with Gasteiger partial charge in [0, 0.05) is 8.96 Å². The molecule has 0 atom stereocenters. The summed E-state index contributed by atoms with van der Waals surface area (Å²) in [7, 11) is 0. The van der Waals surface area contributed by atoms with Crippen LogP contribution in [-0.2, 0) is 19.2 Å². The molecule has 0 saturated carbocycles. The van der Waals surface area contributed by atoms with Crippen molar-refractivity contribution in [3.05, 3.63) is 50.9 Å². The lowest BCUT2D eigenvalue weighted by Gasteiger charge is -2.40. The van der Waals surface area contributed by atoms with Crippen LogP contribution in [0.1, 0.15) is 5.56 Å². The van der Waals surface area contributed by atoms with Crippen molar-refractivity contribution in [2.24, 2.45) is 10.8 Å². The van der Waals surface area contributed by atoms with Gasteiger partial charge >= 0.3 is 23.9 Å². The van der Waals surface area contributed by atoms with E-state index >= 15 is 0 Å². The molecule has 26 heavy (non-hydrogen) atoms. The summed E-state index contributed by atoms with van der Waals surface area (Å²) in [5.41, 5.74) is -6.22. The summed E-state index contributed by atoms with van der Waals surface area (Å²) in [6.07, 6.45) is 0.643. The maximum absolute atomic E-state index is 12.0. The quantitative estimate of drug-likeness (QED) is 0.460. The van der Waals surface area contributed by atoms with E-state index in [2.05, 4.69) is 31.9 Å². The summed E-state index contributed by atoms with van der Waals surface area (Å²) in [4.78, 5) is 47.8. The molecular weight excluding hydrogens is 480 g/mol. The van der Waals surface area contributed by atoms with Crippen LogP contribution in [0, 0.1) is 10.8 Å². The molecule has 2 rings (SSSR count). The number of allylic oxidation sites excluding steroid dienone is 2. The molecule has 0 amide bonds. The summed E-state index contributed by atoms with van der Waals surface area (Å²) >= 11 is 5.90. The van der Waals surface area contributed by atoms with E-state index in [9.17, 15) is 39.6 Å². The second-order valence-electron chi connectivity index (χ2n) is 5.33. The van der Waals surface area contributed by atoms with E-state index in [1.807, 2.05) is 0 Å². The van der Waals surface area contributed by atoms with Crippen LogP contribution in [0.5, 0.6) is 0 Å². The van der Waals surface area contributed by atoms with Gasteiger partial charge in [-0.2, -0.15) is 0 Å². The number of carboxylic acid groups (broad SMARTS) is 4. The van der Waals surface area contributed by atoms with Crippen LogP contribution >= 0.6 is 31.9 Å². The first kappa shape index (κ1) is 19.9. The van der Waals surface area contributed by atoms with Crippen molar-refractivity contribution in [1.29, 1.82) is 0 Å². The van der Waals surface area contributed by atoms with E-state index in [1.54, 1.807) is 18.2 Å². The van der Waals surface area contributed by atoms with E-state index in [1.165, 1.54) is 12.1 Å². The molecule has 0 heterocycles. The van der Waals surface area contributed by atoms with Gasteiger partial charge in [0.15, 0.2) is 0 Å². The highest BCUT2D eigenvalue weighted by Crippen LogP contribution is 2.58. The molecule has 1 aromatic carbocycles. The maximum Gasteiger partial charge on any atom is 0.328 e. The average Bonchev–Trinajstić information content (AvgIpc) is 2.56. The molecule has 0 aromatic heterocycles. The fourth-order valence-corrected chi connectivity index (χ4v) is 4.33. The number of halogens is 2. The van der Waals surface area contributed by atoms with Crippen LogP contribution in [0.2, 0.25) is 0 Å². The standard InChI is InChI=1S/C16H10Br2O8/c17-9-8(7-4-2-1-3-5-7)6-15(11(19)20,12(21)22)16(10(9)18,13(23)24)14(25)26/h1-6H,(H,19,20)(H,21,22)(H,23,24)(H,25,26). The second-order valence-corrected chi connectivity index (χ2v) is 6.92. The Morgan fingerprint density at radius 2 is 1.23 bits per heavy atom. The minimum Gasteiger partial charge on any atom is -0.480 e. The molecule has 0 aliphatic heterocycles. The molecular formula is C16H10Br2O8. The molecule has 0 bridgehead atoms. The van der Waals surface area contributed by atoms with Crippen molar-refractivity contribution in [2.75, 3.05) is 0 Å². The minimum atomic E-state index is -3.32. The monoisotopic (exact) mass is 488 g/mol. The van der Waals surface area contributed by atoms with Crippen molar-refractivity contribution in [3.8, 4) is 0 Å². The zero-order chi connectivity index (χ0) is 19.9. The molecule has 1 aliphatic carbocycles. The minimum absolute atomic E-state index is 0.0281. The Kier molecular flexibility index (Phi) is 5.11. The third kappa shape index (κ3) is 2.40. The average molecular weight is 490 g/mol. The molecule has 4 N–H and O–H groups in total. The molecule has 1 aromatic rings. The Hall–Kier alpha value is -2.46. The summed E-state index contributed by atoms with van der Waals surface area (Å²) in [5, 5.41) is 38.5. The van der Waals surface area contributed by atoms with Crippen LogP contribution in [-0.4, -0.2) is 44.3 Å². The van der Waals surface area contributed by atoms with E-state index in [0.29, 0.717) is 11.6 Å². The zero-order valence-corrected chi connectivity index (χ0v) is 15.8. The smallest absolute Gasteiger partial charge is 0.328 e. The molecule has 0 unspecified atom stereocenters. The third-order valence-electron chi connectivity index (χ3n) is 4.11. The number of benzene rings is 1. The molecule has 1 aliphatic rings. The van der Waals surface area contributed by atoms with Gasteiger partial charge in [-0.25, -0.2) is 0 Å². The number of hydrogen-bond acceptors (Lipinski definition) is 4. The topological polar surface area (TPSA) is 149 Å². The highest BCUT2D eigenvalue weighted by Gasteiger charge is 2.74. The summed E-state index contributed by atoms with van der Waals surface area (Å²) in [5.74, 6) is -8.52. The summed E-state index contributed by atoms with van der Waals surface area (Å²) in [6, 6.07) is 7.94. The highest BCUT2D eigenvalue weighted by molar-refractivity contribution is 9.14. The Balaban J connectivity index is 3.05. The molecule has 10 heteroatoms. The molecule has 8 nitrogen and oxygen atoms in total. The van der Waals surface area contributed by atoms with Gasteiger partial charge in [0.05, 0.1) is 0 Å². The molecule has 0 radical (unpaired) electrons. The van der Waals surface area contributed by atoms with Gasteiger partial charge in [-0.05, 0) is 33.1 Å². The zero-order valence-electron chi connectivity index (χ0n) is 12.6. The first-order chi connectivity index (χ1) is 12.0. The first-order valence-electron chi connectivity index (χ1n) is 6.83. The fraction of sp³-hybridized carbons (Fsp3) is 0.125. The molecule has 136 valence electrons. The van der Waals surface area contributed by atoms with Crippen LogP contribution < -0.4 is 0 Å². The normalized spacial score (nSPS) is 18.0. The van der Waals surface area contributed by atoms with Crippen molar-refractivity contribution < 1.29 is 39.6 Å². The van der Waals surface area contributed by atoms with Crippen molar-refractivity contribution in [2.45, 2.75) is 0 Å². The van der Waals surface area contributed by atoms with Crippen molar-refractivity contribution >= 4 is 61.3 Å². The van der Waals surface area contributed by atoms with Gasteiger partial charge in [-0.1, -0.05) is 46.3 Å². The lowest BCUT2D eigenvalue weighted by atomic mass is 9.59. The summed E-state index contributed by atoms with van der Waals surface area (Å²) < 4.78 is -0.706. The van der Waals surface area contributed by atoms with Gasteiger partial charge < -0.3 is 20.4 Å². The summed E-state index contributed by atoms with van der Waals surface area (Å²) in [6.45, 7) is 0. The van der Waals surface area contributed by atoms with E-state index in [4.69, 9.17) is 0 Å². The van der Waals surface area contributed by atoms with Gasteiger partial charge in [0.2, 0.25) is 10.8 Å².